The fourth-order valence-electron chi connectivity index (χ4n) is 5.59. The molecule has 1 aromatic carbocycles. The SMILES string of the molecule is CNC(=O)c1cnc(Nc2cc(C)nc(C)n2)cc1Nc1cccc2c1N(C)Cc1c-2cnn1C1CCOCC1. The molecule has 1 fully saturated rings. The molecule has 3 aromatic heterocycles. The van der Waals surface area contributed by atoms with Crippen LogP contribution in [-0.4, -0.2) is 57.9 Å². The van der Waals surface area contributed by atoms with Gasteiger partial charge in [-0.1, -0.05) is 12.1 Å². The number of anilines is 5. The second kappa shape index (κ2) is 10.6. The predicted octanol–water partition coefficient (Wildman–Crippen LogP) is 4.50. The Hall–Kier alpha value is -4.51. The number of aromatic nitrogens is 5. The van der Waals surface area contributed by atoms with Gasteiger partial charge < -0.3 is 25.6 Å². The molecule has 0 saturated carbocycles. The molecule has 1 amide bonds. The number of carbonyl (C=O) groups excluding carboxylic acids is 1. The molecule has 0 bridgehead atoms. The van der Waals surface area contributed by atoms with Gasteiger partial charge in [0.25, 0.3) is 5.91 Å². The van der Waals surface area contributed by atoms with Crippen LogP contribution in [0.5, 0.6) is 0 Å². The van der Waals surface area contributed by atoms with E-state index in [0.29, 0.717) is 34.8 Å². The van der Waals surface area contributed by atoms with E-state index in [2.05, 4.69) is 53.6 Å². The quantitative estimate of drug-likeness (QED) is 0.325. The van der Waals surface area contributed by atoms with Crippen molar-refractivity contribution in [2.45, 2.75) is 39.3 Å². The molecule has 0 radical (unpaired) electrons. The van der Waals surface area contributed by atoms with Crippen molar-refractivity contribution in [1.29, 1.82) is 0 Å². The lowest BCUT2D eigenvalue weighted by molar-refractivity contribution is 0.0654. The van der Waals surface area contributed by atoms with E-state index in [1.165, 1.54) is 5.69 Å². The Morgan fingerprint density at radius 3 is 2.60 bits per heavy atom. The lowest BCUT2D eigenvalue weighted by Gasteiger charge is -2.32. The molecule has 4 aromatic rings. The summed E-state index contributed by atoms with van der Waals surface area (Å²) < 4.78 is 7.77. The van der Waals surface area contributed by atoms with Crippen molar-refractivity contribution in [2.75, 3.05) is 42.8 Å². The lowest BCUT2D eigenvalue weighted by atomic mass is 9.97. The maximum absolute atomic E-state index is 12.8. The van der Waals surface area contributed by atoms with Crippen molar-refractivity contribution in [1.82, 2.24) is 30.0 Å². The minimum Gasteiger partial charge on any atom is -0.381 e. The van der Waals surface area contributed by atoms with Gasteiger partial charge in [-0.2, -0.15) is 5.10 Å². The van der Waals surface area contributed by atoms with Crippen LogP contribution in [0.4, 0.5) is 28.7 Å². The fraction of sp³-hybridized carbons (Fsp3) is 0.345. The molecule has 40 heavy (non-hydrogen) atoms. The molecule has 0 unspecified atom stereocenters. The summed E-state index contributed by atoms with van der Waals surface area (Å²) in [6, 6.07) is 10.2. The number of ether oxygens (including phenoxy) is 1. The second-order valence-electron chi connectivity index (χ2n) is 10.2. The van der Waals surface area contributed by atoms with Gasteiger partial charge in [-0.05, 0) is 32.8 Å². The van der Waals surface area contributed by atoms with Gasteiger partial charge in [-0.25, -0.2) is 15.0 Å². The zero-order chi connectivity index (χ0) is 27.8. The number of nitrogens with zero attached hydrogens (tertiary/aromatic N) is 6. The van der Waals surface area contributed by atoms with Gasteiger partial charge in [-0.15, -0.1) is 0 Å². The van der Waals surface area contributed by atoms with Gasteiger partial charge in [-0.3, -0.25) is 9.48 Å². The number of nitrogens with one attached hydrogen (secondary N) is 3. The van der Waals surface area contributed by atoms with Gasteiger partial charge in [0.1, 0.15) is 17.5 Å². The molecule has 5 heterocycles. The Balaban J connectivity index is 1.37. The first-order valence-electron chi connectivity index (χ1n) is 13.5. The average Bonchev–Trinajstić information content (AvgIpc) is 3.37. The third-order valence-corrected chi connectivity index (χ3v) is 7.40. The average molecular weight is 540 g/mol. The smallest absolute Gasteiger partial charge is 0.254 e. The Labute approximate surface area is 233 Å². The number of hydrogen-bond donors (Lipinski definition) is 3. The second-order valence-corrected chi connectivity index (χ2v) is 10.2. The van der Waals surface area contributed by atoms with Crippen molar-refractivity contribution in [3.05, 3.63) is 65.5 Å². The molecule has 3 N–H and O–H groups in total. The van der Waals surface area contributed by atoms with Crippen LogP contribution in [0.3, 0.4) is 0 Å². The first-order valence-corrected chi connectivity index (χ1v) is 13.5. The lowest BCUT2D eigenvalue weighted by Crippen LogP contribution is -2.28. The summed E-state index contributed by atoms with van der Waals surface area (Å²) in [6.07, 6.45) is 5.50. The molecular formula is C29H33N9O2. The highest BCUT2D eigenvalue weighted by Crippen LogP contribution is 2.45. The van der Waals surface area contributed by atoms with E-state index >= 15 is 0 Å². The minimum absolute atomic E-state index is 0.228. The number of para-hydroxylation sites is 1. The topological polar surface area (TPSA) is 122 Å². The van der Waals surface area contributed by atoms with Crippen molar-refractivity contribution >= 4 is 34.6 Å². The van der Waals surface area contributed by atoms with Gasteiger partial charge in [0.05, 0.1) is 47.1 Å². The summed E-state index contributed by atoms with van der Waals surface area (Å²) in [4.78, 5) is 28.3. The number of carbonyl (C=O) groups is 1. The largest absolute Gasteiger partial charge is 0.381 e. The van der Waals surface area contributed by atoms with Gasteiger partial charge in [0, 0.05) is 62.5 Å². The van der Waals surface area contributed by atoms with Crippen LogP contribution in [0.15, 0.2) is 42.7 Å². The summed E-state index contributed by atoms with van der Waals surface area (Å²) in [6.45, 7) is 6.04. The maximum atomic E-state index is 12.8. The van der Waals surface area contributed by atoms with Gasteiger partial charge >= 0.3 is 0 Å². The van der Waals surface area contributed by atoms with Crippen LogP contribution in [0.25, 0.3) is 11.1 Å². The predicted molar refractivity (Wildman–Crippen MR) is 155 cm³/mol. The van der Waals surface area contributed by atoms with Gasteiger partial charge in [0.15, 0.2) is 0 Å². The monoisotopic (exact) mass is 539 g/mol. The van der Waals surface area contributed by atoms with E-state index in [1.54, 1.807) is 13.2 Å². The third kappa shape index (κ3) is 4.84. The summed E-state index contributed by atoms with van der Waals surface area (Å²) in [5.41, 5.74) is 7.33. The number of pyridine rings is 1. The molecular weight excluding hydrogens is 506 g/mol. The van der Waals surface area contributed by atoms with Crippen molar-refractivity contribution in [3.63, 3.8) is 0 Å². The normalized spacial score (nSPS) is 14.8. The van der Waals surface area contributed by atoms with Crippen LogP contribution >= 0.6 is 0 Å². The Morgan fingerprint density at radius 1 is 1.00 bits per heavy atom. The summed E-state index contributed by atoms with van der Waals surface area (Å²) in [5, 5.41) is 14.3. The minimum atomic E-state index is -0.228. The van der Waals surface area contributed by atoms with E-state index in [-0.39, 0.29) is 5.91 Å². The fourth-order valence-corrected chi connectivity index (χ4v) is 5.59. The molecule has 0 spiro atoms. The highest BCUT2D eigenvalue weighted by Gasteiger charge is 2.29. The maximum Gasteiger partial charge on any atom is 0.254 e. The molecule has 6 rings (SSSR count). The molecule has 2 aliphatic rings. The number of amides is 1. The highest BCUT2D eigenvalue weighted by atomic mass is 16.5. The molecule has 11 heteroatoms. The van der Waals surface area contributed by atoms with Crippen LogP contribution < -0.4 is 20.9 Å². The summed E-state index contributed by atoms with van der Waals surface area (Å²) in [7, 11) is 3.70. The van der Waals surface area contributed by atoms with Crippen molar-refractivity contribution in [3.8, 4) is 11.1 Å². The highest BCUT2D eigenvalue weighted by molar-refractivity contribution is 6.01. The zero-order valence-electron chi connectivity index (χ0n) is 23.2. The molecule has 0 atom stereocenters. The standard InChI is InChI=1S/C29H33N9O2/c1-17-12-27(34-18(2)33-17)36-26-13-24(22(14-31-26)29(39)30-3)35-23-7-5-6-20-21-15-32-38(19-8-10-40-11-9-19)25(21)16-37(4)28(20)23/h5-7,12-15,19H,8-11,16H2,1-4H3,(H,30,39)(H2,31,33,34,35,36). The van der Waals surface area contributed by atoms with Crippen molar-refractivity contribution in [2.24, 2.45) is 0 Å². The number of rotatable bonds is 6. The van der Waals surface area contributed by atoms with Crippen LogP contribution in [0, 0.1) is 13.8 Å². The molecule has 1 saturated heterocycles. The van der Waals surface area contributed by atoms with Crippen LogP contribution in [0.1, 0.15) is 46.5 Å². The first kappa shape index (κ1) is 25.8. The molecule has 0 aliphatic carbocycles. The molecule has 2 aliphatic heterocycles. The Bertz CT molecular complexity index is 1560. The summed E-state index contributed by atoms with van der Waals surface area (Å²) in [5.74, 6) is 1.64. The first-order chi connectivity index (χ1) is 19.4. The van der Waals surface area contributed by atoms with Crippen LogP contribution in [0.2, 0.25) is 0 Å². The number of hydrogen-bond acceptors (Lipinski definition) is 9. The zero-order valence-corrected chi connectivity index (χ0v) is 23.2. The Morgan fingerprint density at radius 2 is 1.82 bits per heavy atom. The number of aryl methyl sites for hydroxylation is 2. The molecule has 11 nitrogen and oxygen atoms in total. The van der Waals surface area contributed by atoms with Gasteiger partial charge in [0.2, 0.25) is 0 Å². The van der Waals surface area contributed by atoms with E-state index in [0.717, 1.165) is 60.8 Å². The summed E-state index contributed by atoms with van der Waals surface area (Å²) >= 11 is 0. The number of benzene rings is 1. The van der Waals surface area contributed by atoms with E-state index < -0.39 is 0 Å². The van der Waals surface area contributed by atoms with Crippen molar-refractivity contribution < 1.29 is 9.53 Å². The third-order valence-electron chi connectivity index (χ3n) is 7.40. The van der Waals surface area contributed by atoms with E-state index in [9.17, 15) is 4.79 Å². The van der Waals surface area contributed by atoms with Crippen LogP contribution in [-0.2, 0) is 11.3 Å². The number of fused-ring (bicyclic) bond motifs is 3. The Kier molecular flexibility index (Phi) is 6.81. The van der Waals surface area contributed by atoms with E-state index in [4.69, 9.17) is 9.84 Å². The van der Waals surface area contributed by atoms with E-state index in [1.807, 2.05) is 44.3 Å². The molecule has 206 valence electrons.